The van der Waals surface area contributed by atoms with Gasteiger partial charge in [-0.25, -0.2) is 4.68 Å². The summed E-state index contributed by atoms with van der Waals surface area (Å²) < 4.78 is 1.39. The van der Waals surface area contributed by atoms with Crippen molar-refractivity contribution in [3.8, 4) is 6.07 Å². The highest BCUT2D eigenvalue weighted by Crippen LogP contribution is 1.83. The minimum Gasteiger partial charge on any atom is -0.339 e. The molecule has 0 saturated heterocycles. The molecule has 1 atom stereocenters. The molecule has 1 aromatic heterocycles. The fourth-order valence-electron chi connectivity index (χ4n) is 0.784. The molecule has 13 heavy (non-hydrogen) atoms. The van der Waals surface area contributed by atoms with Gasteiger partial charge < -0.3 is 5.32 Å². The van der Waals surface area contributed by atoms with Gasteiger partial charge in [0, 0.05) is 6.20 Å². The van der Waals surface area contributed by atoms with Crippen LogP contribution >= 0.6 is 0 Å². The number of amides is 1. The zero-order valence-corrected chi connectivity index (χ0v) is 7.14. The summed E-state index contributed by atoms with van der Waals surface area (Å²) in [5, 5.41) is 18.0. The van der Waals surface area contributed by atoms with Crippen LogP contribution in [0, 0.1) is 11.3 Å². The molecule has 68 valence electrons. The number of nitriles is 1. The van der Waals surface area contributed by atoms with Gasteiger partial charge in [-0.1, -0.05) is 5.21 Å². The summed E-state index contributed by atoms with van der Waals surface area (Å²) in [6, 6.07) is 1.42. The van der Waals surface area contributed by atoms with E-state index < -0.39 is 6.04 Å². The molecule has 0 aliphatic heterocycles. The van der Waals surface area contributed by atoms with Crippen LogP contribution in [-0.4, -0.2) is 26.9 Å². The van der Waals surface area contributed by atoms with Crippen molar-refractivity contribution in [3.05, 3.63) is 12.4 Å². The molecule has 1 unspecified atom stereocenters. The van der Waals surface area contributed by atoms with Crippen LogP contribution < -0.4 is 5.32 Å². The van der Waals surface area contributed by atoms with Crippen LogP contribution in [0.4, 0.5) is 0 Å². The fraction of sp³-hybridized carbons (Fsp3) is 0.429. The maximum Gasteiger partial charge on any atom is 0.242 e. The standard InChI is InChI=1S/C7H9N5O/c1-6(4-8)10-7(13)5-12-3-2-9-11-12/h2-3,6H,5H2,1H3,(H,10,13). The first kappa shape index (κ1) is 9.19. The average Bonchev–Trinajstić information content (AvgIpc) is 2.56. The summed E-state index contributed by atoms with van der Waals surface area (Å²) in [5.41, 5.74) is 0. The quantitative estimate of drug-likeness (QED) is 0.665. The van der Waals surface area contributed by atoms with Gasteiger partial charge in [0.2, 0.25) is 5.91 Å². The van der Waals surface area contributed by atoms with E-state index in [1.165, 1.54) is 10.9 Å². The molecule has 0 radical (unpaired) electrons. The van der Waals surface area contributed by atoms with Crippen LogP contribution in [0.3, 0.4) is 0 Å². The molecule has 1 aromatic rings. The Labute approximate surface area is 75.2 Å². The molecule has 0 saturated carbocycles. The van der Waals surface area contributed by atoms with Gasteiger partial charge in [-0.05, 0) is 6.92 Å². The highest BCUT2D eigenvalue weighted by molar-refractivity contribution is 5.76. The maximum atomic E-state index is 11.1. The third-order valence-electron chi connectivity index (χ3n) is 1.35. The molecule has 0 fully saturated rings. The van der Waals surface area contributed by atoms with Crippen LogP contribution in [0.2, 0.25) is 0 Å². The van der Waals surface area contributed by atoms with Crippen molar-refractivity contribution < 1.29 is 4.79 Å². The van der Waals surface area contributed by atoms with Gasteiger partial charge in [-0.2, -0.15) is 5.26 Å². The molecular formula is C7H9N5O. The molecular weight excluding hydrogens is 170 g/mol. The highest BCUT2D eigenvalue weighted by Gasteiger charge is 2.06. The summed E-state index contributed by atoms with van der Waals surface area (Å²) in [6.45, 7) is 1.70. The van der Waals surface area contributed by atoms with Crippen LogP contribution in [0.5, 0.6) is 0 Å². The summed E-state index contributed by atoms with van der Waals surface area (Å²) in [4.78, 5) is 11.1. The lowest BCUT2D eigenvalue weighted by molar-refractivity contribution is -0.122. The first-order valence-corrected chi connectivity index (χ1v) is 3.75. The zero-order chi connectivity index (χ0) is 9.68. The van der Waals surface area contributed by atoms with E-state index in [0.717, 1.165) is 0 Å². The molecule has 0 aliphatic carbocycles. The lowest BCUT2D eigenvalue weighted by Gasteiger charge is -2.05. The van der Waals surface area contributed by atoms with Crippen molar-refractivity contribution in [1.29, 1.82) is 5.26 Å². The van der Waals surface area contributed by atoms with Crippen LogP contribution in [0.15, 0.2) is 12.4 Å². The average molecular weight is 179 g/mol. The number of aromatic nitrogens is 3. The Bertz CT molecular complexity index is 312. The van der Waals surface area contributed by atoms with Gasteiger partial charge in [-0.15, -0.1) is 5.10 Å². The largest absolute Gasteiger partial charge is 0.339 e. The van der Waals surface area contributed by atoms with E-state index in [9.17, 15) is 4.79 Å². The van der Waals surface area contributed by atoms with Gasteiger partial charge in [0.25, 0.3) is 0 Å². The first-order valence-electron chi connectivity index (χ1n) is 3.75. The number of hydrogen-bond acceptors (Lipinski definition) is 4. The Morgan fingerprint density at radius 2 is 2.62 bits per heavy atom. The lowest BCUT2D eigenvalue weighted by atomic mass is 10.4. The SMILES string of the molecule is CC(C#N)NC(=O)Cn1ccnn1. The molecule has 0 spiro atoms. The highest BCUT2D eigenvalue weighted by atomic mass is 16.2. The minimum atomic E-state index is -0.476. The summed E-state index contributed by atoms with van der Waals surface area (Å²) in [5.74, 6) is -0.250. The third kappa shape index (κ3) is 2.91. The Kier molecular flexibility index (Phi) is 2.97. The number of nitrogens with zero attached hydrogens (tertiary/aromatic N) is 4. The van der Waals surface area contributed by atoms with E-state index in [4.69, 9.17) is 5.26 Å². The smallest absolute Gasteiger partial charge is 0.242 e. The van der Waals surface area contributed by atoms with Crippen molar-refractivity contribution >= 4 is 5.91 Å². The second-order valence-electron chi connectivity index (χ2n) is 2.52. The molecule has 1 amide bonds. The van der Waals surface area contributed by atoms with Gasteiger partial charge in [0.15, 0.2) is 0 Å². The Morgan fingerprint density at radius 1 is 1.85 bits per heavy atom. The second-order valence-corrected chi connectivity index (χ2v) is 2.52. The number of hydrogen-bond donors (Lipinski definition) is 1. The number of rotatable bonds is 3. The monoisotopic (exact) mass is 179 g/mol. The summed E-state index contributed by atoms with van der Waals surface area (Å²) in [6.07, 6.45) is 3.07. The normalized spacial score (nSPS) is 11.7. The molecule has 1 heterocycles. The predicted octanol–water partition coefficient (Wildman–Crippen LogP) is -0.694. The van der Waals surface area contributed by atoms with E-state index in [1.54, 1.807) is 13.1 Å². The molecule has 1 N–H and O–H groups in total. The molecule has 6 nitrogen and oxygen atoms in total. The van der Waals surface area contributed by atoms with Crippen LogP contribution in [-0.2, 0) is 11.3 Å². The van der Waals surface area contributed by atoms with E-state index in [1.807, 2.05) is 6.07 Å². The molecule has 0 aromatic carbocycles. The van der Waals surface area contributed by atoms with Gasteiger partial charge in [0.05, 0.1) is 12.3 Å². The molecule has 0 aliphatic rings. The van der Waals surface area contributed by atoms with Crippen LogP contribution in [0.25, 0.3) is 0 Å². The van der Waals surface area contributed by atoms with Crippen LogP contribution in [0.1, 0.15) is 6.92 Å². The topological polar surface area (TPSA) is 83.6 Å². The Morgan fingerprint density at radius 3 is 3.15 bits per heavy atom. The zero-order valence-electron chi connectivity index (χ0n) is 7.14. The minimum absolute atomic E-state index is 0.0893. The summed E-state index contributed by atoms with van der Waals surface area (Å²) in [7, 11) is 0. The molecule has 0 bridgehead atoms. The Hall–Kier alpha value is -1.90. The number of carbonyl (C=O) groups excluding carboxylic acids is 1. The molecule has 6 heteroatoms. The van der Waals surface area contributed by atoms with Crippen molar-refractivity contribution in [3.63, 3.8) is 0 Å². The number of nitrogens with one attached hydrogen (secondary N) is 1. The Balaban J connectivity index is 2.39. The van der Waals surface area contributed by atoms with E-state index >= 15 is 0 Å². The molecule has 1 rings (SSSR count). The van der Waals surface area contributed by atoms with E-state index in [-0.39, 0.29) is 12.5 Å². The predicted molar refractivity (Wildman–Crippen MR) is 43.2 cm³/mol. The number of carbonyl (C=O) groups is 1. The lowest BCUT2D eigenvalue weighted by Crippen LogP contribution is -2.34. The third-order valence-corrected chi connectivity index (χ3v) is 1.35. The van der Waals surface area contributed by atoms with Gasteiger partial charge in [0.1, 0.15) is 12.6 Å². The fourth-order valence-corrected chi connectivity index (χ4v) is 0.784. The van der Waals surface area contributed by atoms with Crippen molar-refractivity contribution in [2.75, 3.05) is 0 Å². The van der Waals surface area contributed by atoms with E-state index in [0.29, 0.717) is 0 Å². The summed E-state index contributed by atoms with van der Waals surface area (Å²) >= 11 is 0. The van der Waals surface area contributed by atoms with Crippen molar-refractivity contribution in [2.45, 2.75) is 19.5 Å². The van der Waals surface area contributed by atoms with Crippen molar-refractivity contribution in [1.82, 2.24) is 20.3 Å². The second kappa shape index (κ2) is 4.21. The first-order chi connectivity index (χ1) is 6.22. The van der Waals surface area contributed by atoms with Gasteiger partial charge >= 0.3 is 0 Å². The van der Waals surface area contributed by atoms with Gasteiger partial charge in [-0.3, -0.25) is 4.79 Å². The maximum absolute atomic E-state index is 11.1. The van der Waals surface area contributed by atoms with E-state index in [2.05, 4.69) is 15.6 Å². The van der Waals surface area contributed by atoms with Crippen molar-refractivity contribution in [2.24, 2.45) is 0 Å².